The van der Waals surface area contributed by atoms with Gasteiger partial charge < -0.3 is 20.0 Å². The molecule has 0 aromatic heterocycles. The zero-order chi connectivity index (χ0) is 13.9. The van der Waals surface area contributed by atoms with Crippen molar-refractivity contribution in [2.75, 3.05) is 20.2 Å². The number of carbonyl (C=O) groups excluding carboxylic acids is 1. The van der Waals surface area contributed by atoms with Gasteiger partial charge in [-0.3, -0.25) is 4.79 Å². The molecule has 0 radical (unpaired) electrons. The number of rotatable bonds is 3. The topological polar surface area (TPSA) is 81.1 Å². The van der Waals surface area contributed by atoms with Crippen LogP contribution in [-0.4, -0.2) is 64.3 Å². The second kappa shape index (κ2) is 6.04. The van der Waals surface area contributed by atoms with Crippen LogP contribution in [0.1, 0.15) is 26.7 Å². The van der Waals surface area contributed by atoms with Gasteiger partial charge >= 0.3 is 12.0 Å². The lowest BCUT2D eigenvalue weighted by Gasteiger charge is -2.39. The normalized spacial score (nSPS) is 25.7. The molecule has 0 aromatic rings. The smallest absolute Gasteiger partial charge is 0.320 e. The largest absolute Gasteiger partial charge is 0.481 e. The van der Waals surface area contributed by atoms with Crippen molar-refractivity contribution in [1.29, 1.82) is 0 Å². The number of urea groups is 1. The summed E-state index contributed by atoms with van der Waals surface area (Å²) in [5.41, 5.74) is 0. The number of aliphatic carboxylic acids is 1. The quantitative estimate of drug-likeness (QED) is 0.777. The average molecular weight is 258 g/mol. The molecule has 0 saturated carbocycles. The highest BCUT2D eigenvalue weighted by Gasteiger charge is 2.34. The molecule has 6 nitrogen and oxygen atoms in total. The second-order valence-electron chi connectivity index (χ2n) is 5.03. The maximum absolute atomic E-state index is 12.2. The molecule has 1 heterocycles. The number of likely N-dealkylation sites (N-methyl/N-ethyl adjacent to an activating group) is 1. The fourth-order valence-electron chi connectivity index (χ4n) is 2.19. The van der Waals surface area contributed by atoms with Crippen molar-refractivity contribution in [3.8, 4) is 0 Å². The van der Waals surface area contributed by atoms with Gasteiger partial charge in [-0.05, 0) is 26.7 Å². The molecule has 3 atom stereocenters. The minimum atomic E-state index is -0.786. The van der Waals surface area contributed by atoms with Gasteiger partial charge in [0.2, 0.25) is 0 Å². The number of hydrogen-bond acceptors (Lipinski definition) is 3. The van der Waals surface area contributed by atoms with Gasteiger partial charge in [0.15, 0.2) is 0 Å². The molecule has 1 fully saturated rings. The van der Waals surface area contributed by atoms with E-state index in [1.165, 1.54) is 4.90 Å². The number of aliphatic hydroxyl groups is 1. The van der Waals surface area contributed by atoms with E-state index in [9.17, 15) is 9.59 Å². The maximum Gasteiger partial charge on any atom is 0.320 e. The second-order valence-corrected chi connectivity index (χ2v) is 5.03. The summed E-state index contributed by atoms with van der Waals surface area (Å²) in [5, 5.41) is 18.0. The molecule has 2 amide bonds. The number of likely N-dealkylation sites (tertiary alicyclic amines) is 1. The van der Waals surface area contributed by atoms with E-state index in [2.05, 4.69) is 0 Å². The van der Waals surface area contributed by atoms with E-state index in [1.807, 2.05) is 6.92 Å². The summed E-state index contributed by atoms with van der Waals surface area (Å²) in [6.07, 6.45) is 0.981. The van der Waals surface area contributed by atoms with Crippen LogP contribution in [0.5, 0.6) is 0 Å². The maximum atomic E-state index is 12.2. The Balaban J connectivity index is 2.63. The first-order valence-electron chi connectivity index (χ1n) is 6.25. The number of nitrogens with zero attached hydrogens (tertiary/aromatic N) is 2. The SMILES string of the molecule is CC(CO)N(C)C(=O)N1CCC(C(=O)O)CC1C. The summed E-state index contributed by atoms with van der Waals surface area (Å²) in [5.74, 6) is -1.14. The molecule has 0 bridgehead atoms. The first kappa shape index (κ1) is 14.8. The molecule has 1 rings (SSSR count). The highest BCUT2D eigenvalue weighted by molar-refractivity contribution is 5.76. The average Bonchev–Trinajstić information content (AvgIpc) is 2.35. The minimum absolute atomic E-state index is 0.0811. The van der Waals surface area contributed by atoms with Crippen LogP contribution in [-0.2, 0) is 4.79 Å². The molecule has 0 spiro atoms. The fourth-order valence-corrected chi connectivity index (χ4v) is 2.19. The molecule has 18 heavy (non-hydrogen) atoms. The third-order valence-corrected chi connectivity index (χ3v) is 3.70. The van der Waals surface area contributed by atoms with Gasteiger partial charge in [0.1, 0.15) is 0 Å². The molecule has 0 aliphatic carbocycles. The van der Waals surface area contributed by atoms with Crippen molar-refractivity contribution in [3.05, 3.63) is 0 Å². The standard InChI is InChI=1S/C12H22N2O4/c1-8-6-10(11(16)17)4-5-14(8)12(18)13(3)9(2)7-15/h8-10,15H,4-7H2,1-3H3,(H,16,17). The first-order valence-corrected chi connectivity index (χ1v) is 6.25. The number of carbonyl (C=O) groups is 2. The van der Waals surface area contributed by atoms with E-state index >= 15 is 0 Å². The lowest BCUT2D eigenvalue weighted by molar-refractivity contribution is -0.143. The van der Waals surface area contributed by atoms with Crippen LogP contribution < -0.4 is 0 Å². The minimum Gasteiger partial charge on any atom is -0.481 e. The van der Waals surface area contributed by atoms with Crippen LogP contribution in [0.2, 0.25) is 0 Å². The molecule has 104 valence electrons. The van der Waals surface area contributed by atoms with Gasteiger partial charge in [0.25, 0.3) is 0 Å². The summed E-state index contributed by atoms with van der Waals surface area (Å²) in [7, 11) is 1.65. The van der Waals surface area contributed by atoms with E-state index in [0.29, 0.717) is 19.4 Å². The monoisotopic (exact) mass is 258 g/mol. The van der Waals surface area contributed by atoms with Crippen molar-refractivity contribution in [3.63, 3.8) is 0 Å². The van der Waals surface area contributed by atoms with E-state index in [0.717, 1.165) is 0 Å². The number of carboxylic acid groups (broad SMARTS) is 1. The van der Waals surface area contributed by atoms with Gasteiger partial charge in [-0.15, -0.1) is 0 Å². The van der Waals surface area contributed by atoms with Crippen LogP contribution in [0.3, 0.4) is 0 Å². The van der Waals surface area contributed by atoms with Crippen molar-refractivity contribution >= 4 is 12.0 Å². The molecule has 1 saturated heterocycles. The van der Waals surface area contributed by atoms with Crippen molar-refractivity contribution in [2.24, 2.45) is 5.92 Å². The highest BCUT2D eigenvalue weighted by Crippen LogP contribution is 2.24. The molecule has 3 unspecified atom stereocenters. The fraction of sp³-hybridized carbons (Fsp3) is 0.833. The van der Waals surface area contributed by atoms with Gasteiger partial charge in [0.05, 0.1) is 18.6 Å². The summed E-state index contributed by atoms with van der Waals surface area (Å²) in [4.78, 5) is 26.3. The van der Waals surface area contributed by atoms with E-state index in [-0.39, 0.29) is 30.6 Å². The molecular weight excluding hydrogens is 236 g/mol. The number of aliphatic hydroxyl groups excluding tert-OH is 1. The zero-order valence-electron chi connectivity index (χ0n) is 11.2. The van der Waals surface area contributed by atoms with E-state index in [4.69, 9.17) is 10.2 Å². The van der Waals surface area contributed by atoms with Crippen molar-refractivity contribution < 1.29 is 19.8 Å². The molecular formula is C12H22N2O4. The predicted octanol–water partition coefficient (Wildman–Crippen LogP) is 0.604. The lowest BCUT2D eigenvalue weighted by Crippen LogP contribution is -2.53. The van der Waals surface area contributed by atoms with Crippen LogP contribution >= 0.6 is 0 Å². The van der Waals surface area contributed by atoms with Crippen LogP contribution in [0, 0.1) is 5.92 Å². The Bertz CT molecular complexity index is 321. The van der Waals surface area contributed by atoms with Gasteiger partial charge in [-0.2, -0.15) is 0 Å². The Morgan fingerprint density at radius 2 is 2.11 bits per heavy atom. The van der Waals surface area contributed by atoms with Gasteiger partial charge in [0, 0.05) is 19.6 Å². The number of piperidine rings is 1. The zero-order valence-corrected chi connectivity index (χ0v) is 11.2. The van der Waals surface area contributed by atoms with Crippen molar-refractivity contribution in [1.82, 2.24) is 9.80 Å². The lowest BCUT2D eigenvalue weighted by atomic mass is 9.92. The Morgan fingerprint density at radius 3 is 2.56 bits per heavy atom. The van der Waals surface area contributed by atoms with Crippen LogP contribution in [0.15, 0.2) is 0 Å². The Labute approximate surface area is 107 Å². The van der Waals surface area contributed by atoms with Crippen LogP contribution in [0.25, 0.3) is 0 Å². The number of amides is 2. The first-order chi connectivity index (χ1) is 8.38. The van der Waals surface area contributed by atoms with Gasteiger partial charge in [-0.1, -0.05) is 0 Å². The van der Waals surface area contributed by atoms with Crippen molar-refractivity contribution in [2.45, 2.75) is 38.8 Å². The molecule has 1 aliphatic rings. The number of hydrogen-bond donors (Lipinski definition) is 2. The summed E-state index contributed by atoms with van der Waals surface area (Å²) in [6.45, 7) is 4.01. The molecule has 1 aliphatic heterocycles. The summed E-state index contributed by atoms with van der Waals surface area (Å²) < 4.78 is 0. The Kier molecular flexibility index (Phi) is 4.95. The molecule has 0 aromatic carbocycles. The highest BCUT2D eigenvalue weighted by atomic mass is 16.4. The third kappa shape index (κ3) is 3.13. The molecule has 6 heteroatoms. The van der Waals surface area contributed by atoms with E-state index in [1.54, 1.807) is 18.9 Å². The summed E-state index contributed by atoms with van der Waals surface area (Å²) >= 11 is 0. The third-order valence-electron chi connectivity index (χ3n) is 3.70. The van der Waals surface area contributed by atoms with Gasteiger partial charge in [-0.25, -0.2) is 4.79 Å². The predicted molar refractivity (Wildman–Crippen MR) is 66.2 cm³/mol. The number of carboxylic acids is 1. The Morgan fingerprint density at radius 1 is 1.50 bits per heavy atom. The van der Waals surface area contributed by atoms with E-state index < -0.39 is 5.97 Å². The van der Waals surface area contributed by atoms with Crippen LogP contribution in [0.4, 0.5) is 4.79 Å². The Hall–Kier alpha value is -1.30. The summed E-state index contributed by atoms with van der Waals surface area (Å²) in [6, 6.07) is -0.463. The molecule has 2 N–H and O–H groups in total.